The number of hydrogen-bond acceptors (Lipinski definition) is 2. The minimum absolute atomic E-state index is 1.10. The summed E-state index contributed by atoms with van der Waals surface area (Å²) in [6.07, 6.45) is 20.1. The largest absolute Gasteiger partial charge is 0.254 e. The molecule has 2 heterocycles. The Morgan fingerprint density at radius 3 is 1.65 bits per heavy atom. The van der Waals surface area contributed by atoms with Gasteiger partial charge in [-0.2, -0.15) is 0 Å². The Hall–Kier alpha value is -1.96. The fraction of sp³-hybridized carbons (Fsp3) is 0.625. The number of unbranched alkanes of at least 4 members (excludes halogenated alkanes) is 5. The first kappa shape index (κ1) is 26.6. The van der Waals surface area contributed by atoms with Gasteiger partial charge < -0.3 is 0 Å². The first-order chi connectivity index (χ1) is 16.7. The number of nitrogens with zero attached hydrogens (tertiary/aromatic N) is 2. The van der Waals surface area contributed by atoms with Crippen molar-refractivity contribution < 1.29 is 0 Å². The molecule has 34 heavy (non-hydrogen) atoms. The normalized spacial score (nSPS) is 11.7. The number of rotatable bonds is 15. The maximum Gasteiger partial charge on any atom is 0.0973 e. The number of aryl methyl sites for hydroxylation is 4. The van der Waals surface area contributed by atoms with Crippen LogP contribution in [0.3, 0.4) is 0 Å². The van der Waals surface area contributed by atoms with Crippen LogP contribution < -0.4 is 0 Å². The molecular weight excluding hydrogens is 412 g/mol. The smallest absolute Gasteiger partial charge is 0.0973 e. The Balaban J connectivity index is 2.45. The molecule has 2 nitrogen and oxygen atoms in total. The van der Waals surface area contributed by atoms with Crippen LogP contribution in [0, 0.1) is 0 Å². The molecular formula is C32H48N2. The number of pyridine rings is 2. The van der Waals surface area contributed by atoms with Gasteiger partial charge in [-0.1, -0.05) is 72.8 Å². The maximum atomic E-state index is 5.49. The predicted molar refractivity (Wildman–Crippen MR) is 150 cm³/mol. The van der Waals surface area contributed by atoms with E-state index in [-0.39, 0.29) is 0 Å². The number of hydrogen-bond donors (Lipinski definition) is 0. The molecule has 0 aliphatic carbocycles. The van der Waals surface area contributed by atoms with Gasteiger partial charge in [-0.25, -0.2) is 0 Å². The second kappa shape index (κ2) is 13.8. The van der Waals surface area contributed by atoms with Crippen LogP contribution in [0.25, 0.3) is 21.8 Å². The first-order valence-electron chi connectivity index (χ1n) is 14.4. The fourth-order valence-electron chi connectivity index (χ4n) is 5.47. The molecule has 0 unspecified atom stereocenters. The highest BCUT2D eigenvalue weighted by Crippen LogP contribution is 2.38. The molecule has 0 bridgehead atoms. The summed E-state index contributed by atoms with van der Waals surface area (Å²) in [6.45, 7) is 11.6. The van der Waals surface area contributed by atoms with Crippen molar-refractivity contribution in [2.24, 2.45) is 0 Å². The number of fused-ring (bicyclic) bond motifs is 3. The van der Waals surface area contributed by atoms with E-state index in [0.717, 1.165) is 18.4 Å². The van der Waals surface area contributed by atoms with Crippen molar-refractivity contribution in [3.05, 3.63) is 46.3 Å². The van der Waals surface area contributed by atoms with E-state index in [9.17, 15) is 0 Å². The van der Waals surface area contributed by atoms with Crippen LogP contribution in [-0.4, -0.2) is 9.97 Å². The highest BCUT2D eigenvalue weighted by molar-refractivity contribution is 6.08. The highest BCUT2D eigenvalue weighted by Gasteiger charge is 2.22. The van der Waals surface area contributed by atoms with Gasteiger partial charge in [-0.05, 0) is 92.5 Å². The molecule has 0 amide bonds. The van der Waals surface area contributed by atoms with Crippen LogP contribution in [0.1, 0.15) is 127 Å². The molecule has 0 saturated heterocycles. The SMILES string of the molecule is CCCCc1nc2c(c(CCCC)c1CCCC)c(CCCC)c(CCCC)c1cccnc12. The third-order valence-corrected chi connectivity index (χ3v) is 7.41. The average Bonchev–Trinajstić information content (AvgIpc) is 2.87. The van der Waals surface area contributed by atoms with Crippen LogP contribution in [0.4, 0.5) is 0 Å². The zero-order chi connectivity index (χ0) is 24.3. The van der Waals surface area contributed by atoms with Crippen molar-refractivity contribution in [3.63, 3.8) is 0 Å². The molecule has 1 aromatic carbocycles. The van der Waals surface area contributed by atoms with Gasteiger partial charge >= 0.3 is 0 Å². The van der Waals surface area contributed by atoms with Gasteiger partial charge in [-0.3, -0.25) is 9.97 Å². The lowest BCUT2D eigenvalue weighted by Gasteiger charge is -2.23. The standard InChI is InChI=1S/C32H48N2/c1-6-11-17-24-26(19-13-8-3)30-27(20-14-9-4)25(18-12-7-2)29(22-15-10-5)34-32(30)31-28(24)21-16-23-33-31/h16,21,23H,6-15,17-20,22H2,1-5H3. The second-order valence-corrected chi connectivity index (χ2v) is 10.1. The Morgan fingerprint density at radius 2 is 1.06 bits per heavy atom. The van der Waals surface area contributed by atoms with Crippen LogP contribution in [0.5, 0.6) is 0 Å². The molecule has 0 fully saturated rings. The van der Waals surface area contributed by atoms with E-state index in [1.54, 1.807) is 22.3 Å². The lowest BCUT2D eigenvalue weighted by Crippen LogP contribution is -2.10. The molecule has 0 aliphatic rings. The average molecular weight is 461 g/mol. The van der Waals surface area contributed by atoms with E-state index in [4.69, 9.17) is 9.97 Å². The molecule has 2 heteroatoms. The highest BCUT2D eigenvalue weighted by atomic mass is 14.8. The fourth-order valence-corrected chi connectivity index (χ4v) is 5.47. The van der Waals surface area contributed by atoms with E-state index in [1.807, 2.05) is 6.20 Å². The van der Waals surface area contributed by atoms with E-state index in [0.29, 0.717) is 0 Å². The van der Waals surface area contributed by atoms with E-state index in [1.165, 1.54) is 105 Å². The van der Waals surface area contributed by atoms with Gasteiger partial charge in [0, 0.05) is 22.7 Å². The van der Waals surface area contributed by atoms with Crippen LogP contribution >= 0.6 is 0 Å². The van der Waals surface area contributed by atoms with E-state index in [2.05, 4.69) is 46.8 Å². The third-order valence-electron chi connectivity index (χ3n) is 7.41. The van der Waals surface area contributed by atoms with Crippen molar-refractivity contribution in [2.45, 2.75) is 131 Å². The monoisotopic (exact) mass is 460 g/mol. The van der Waals surface area contributed by atoms with Crippen molar-refractivity contribution in [2.75, 3.05) is 0 Å². The van der Waals surface area contributed by atoms with E-state index >= 15 is 0 Å². The van der Waals surface area contributed by atoms with Gasteiger partial charge in [-0.15, -0.1) is 0 Å². The second-order valence-electron chi connectivity index (χ2n) is 10.1. The number of benzene rings is 1. The third kappa shape index (κ3) is 5.99. The Morgan fingerprint density at radius 1 is 0.559 bits per heavy atom. The minimum atomic E-state index is 1.10. The van der Waals surface area contributed by atoms with Gasteiger partial charge in [0.2, 0.25) is 0 Å². The molecule has 0 saturated carbocycles. The first-order valence-corrected chi connectivity index (χ1v) is 14.4. The summed E-state index contributed by atoms with van der Waals surface area (Å²) >= 11 is 0. The molecule has 0 radical (unpaired) electrons. The van der Waals surface area contributed by atoms with Gasteiger partial charge in [0.1, 0.15) is 0 Å². The summed E-state index contributed by atoms with van der Waals surface area (Å²) < 4.78 is 0. The zero-order valence-electron chi connectivity index (χ0n) is 22.7. The van der Waals surface area contributed by atoms with Crippen molar-refractivity contribution >= 4 is 21.8 Å². The summed E-state index contributed by atoms with van der Waals surface area (Å²) in [5, 5.41) is 2.84. The van der Waals surface area contributed by atoms with Gasteiger partial charge in [0.25, 0.3) is 0 Å². The number of aromatic nitrogens is 2. The Kier molecular flexibility index (Phi) is 10.8. The minimum Gasteiger partial charge on any atom is -0.254 e. The molecule has 3 aromatic rings. The topological polar surface area (TPSA) is 25.8 Å². The molecule has 186 valence electrons. The molecule has 3 rings (SSSR count). The Bertz CT molecular complexity index is 1050. The summed E-state index contributed by atoms with van der Waals surface area (Å²) in [6, 6.07) is 4.44. The molecule has 0 aliphatic heterocycles. The molecule has 0 N–H and O–H groups in total. The lowest BCUT2D eigenvalue weighted by molar-refractivity contribution is 0.724. The summed E-state index contributed by atoms with van der Waals surface area (Å²) in [4.78, 5) is 10.5. The summed E-state index contributed by atoms with van der Waals surface area (Å²) in [5.41, 5.74) is 10.1. The summed E-state index contributed by atoms with van der Waals surface area (Å²) in [7, 11) is 0. The van der Waals surface area contributed by atoms with Gasteiger partial charge in [0.05, 0.1) is 11.0 Å². The quantitative estimate of drug-likeness (QED) is 0.211. The summed E-state index contributed by atoms with van der Waals surface area (Å²) in [5.74, 6) is 0. The lowest BCUT2D eigenvalue weighted by atomic mass is 9.84. The van der Waals surface area contributed by atoms with Crippen LogP contribution in [0.2, 0.25) is 0 Å². The molecule has 0 spiro atoms. The maximum absolute atomic E-state index is 5.49. The van der Waals surface area contributed by atoms with E-state index < -0.39 is 0 Å². The van der Waals surface area contributed by atoms with Crippen molar-refractivity contribution in [3.8, 4) is 0 Å². The predicted octanol–water partition coefficient (Wildman–Crippen LogP) is 9.50. The van der Waals surface area contributed by atoms with Crippen molar-refractivity contribution in [1.29, 1.82) is 0 Å². The van der Waals surface area contributed by atoms with Crippen molar-refractivity contribution in [1.82, 2.24) is 9.97 Å². The zero-order valence-corrected chi connectivity index (χ0v) is 22.7. The Labute approximate surface area is 209 Å². The van der Waals surface area contributed by atoms with Gasteiger partial charge in [0.15, 0.2) is 0 Å². The molecule has 2 aromatic heterocycles. The van der Waals surface area contributed by atoms with Crippen LogP contribution in [0.15, 0.2) is 18.3 Å². The van der Waals surface area contributed by atoms with Crippen LogP contribution in [-0.2, 0) is 32.1 Å². The molecule has 0 atom stereocenters.